The predicted octanol–water partition coefficient (Wildman–Crippen LogP) is 0.993. The van der Waals surface area contributed by atoms with Crippen LogP contribution in [0.4, 0.5) is 0 Å². The second kappa shape index (κ2) is 5.70. The number of hydrogen-bond acceptors (Lipinski definition) is 5. The van der Waals surface area contributed by atoms with Crippen molar-refractivity contribution in [3.8, 4) is 0 Å². The van der Waals surface area contributed by atoms with Crippen LogP contribution in [0.5, 0.6) is 0 Å². The molecule has 0 bridgehead atoms. The van der Waals surface area contributed by atoms with E-state index in [2.05, 4.69) is 10.2 Å². The number of carbonyl (C=O) groups is 1. The first-order chi connectivity index (χ1) is 8.64. The van der Waals surface area contributed by atoms with E-state index in [0.29, 0.717) is 5.69 Å². The molecule has 0 aliphatic heterocycles. The molecule has 0 saturated heterocycles. The molecule has 7 nitrogen and oxygen atoms in total. The van der Waals surface area contributed by atoms with Gasteiger partial charge in [0.15, 0.2) is 5.69 Å². The normalized spacial score (nSPS) is 12.2. The van der Waals surface area contributed by atoms with Gasteiger partial charge in [-0.25, -0.2) is 18.4 Å². The van der Waals surface area contributed by atoms with Crippen LogP contribution in [0.2, 0.25) is 0 Å². The zero-order chi connectivity index (χ0) is 14.8. The smallest absolute Gasteiger partial charge is 0.360 e. The molecule has 0 spiro atoms. The van der Waals surface area contributed by atoms with Crippen LogP contribution < -0.4 is 5.14 Å². The summed E-state index contributed by atoms with van der Waals surface area (Å²) in [6.45, 7) is 7.47. The monoisotopic (exact) mass is 289 g/mol. The molecule has 0 amide bonds. The maximum absolute atomic E-state index is 11.8. The Morgan fingerprint density at radius 3 is 2.37 bits per heavy atom. The lowest BCUT2D eigenvalue weighted by atomic mass is 10.1. The fourth-order valence-corrected chi connectivity index (χ4v) is 2.46. The summed E-state index contributed by atoms with van der Waals surface area (Å²) < 4.78 is 28.2. The van der Waals surface area contributed by atoms with Crippen LogP contribution in [0, 0.1) is 5.92 Å². The SMILES string of the molecule is CC(C)COC(=O)c1n[nH]c(C(C)C)c1S(N)(=O)=O. The third kappa shape index (κ3) is 3.77. The molecule has 0 radical (unpaired) electrons. The summed E-state index contributed by atoms with van der Waals surface area (Å²) in [5, 5.41) is 11.4. The average Bonchev–Trinajstić information content (AvgIpc) is 2.69. The highest BCUT2D eigenvalue weighted by Crippen LogP contribution is 2.24. The second-order valence-corrected chi connectivity index (χ2v) is 6.51. The minimum Gasteiger partial charge on any atom is -0.461 e. The van der Waals surface area contributed by atoms with E-state index in [1.54, 1.807) is 13.8 Å². The van der Waals surface area contributed by atoms with Crippen LogP contribution in [-0.4, -0.2) is 31.2 Å². The number of hydrogen-bond donors (Lipinski definition) is 2. The number of aromatic amines is 1. The average molecular weight is 289 g/mol. The van der Waals surface area contributed by atoms with Crippen molar-refractivity contribution < 1.29 is 17.9 Å². The number of nitrogens with one attached hydrogen (secondary N) is 1. The molecule has 19 heavy (non-hydrogen) atoms. The number of nitrogens with zero attached hydrogens (tertiary/aromatic N) is 1. The van der Waals surface area contributed by atoms with Crippen LogP contribution in [0.1, 0.15) is 49.8 Å². The van der Waals surface area contributed by atoms with Crippen LogP contribution in [0.25, 0.3) is 0 Å². The first-order valence-corrected chi connectivity index (χ1v) is 7.47. The van der Waals surface area contributed by atoms with Crippen molar-refractivity contribution in [3.63, 3.8) is 0 Å². The summed E-state index contributed by atoms with van der Waals surface area (Å²) in [7, 11) is -4.04. The van der Waals surface area contributed by atoms with Crippen molar-refractivity contribution in [2.75, 3.05) is 6.61 Å². The van der Waals surface area contributed by atoms with Crippen LogP contribution in [0.15, 0.2) is 4.90 Å². The van der Waals surface area contributed by atoms with Gasteiger partial charge in [0.25, 0.3) is 0 Å². The Kier molecular flexibility index (Phi) is 4.70. The number of sulfonamides is 1. The van der Waals surface area contributed by atoms with E-state index in [0.717, 1.165) is 0 Å². The Bertz CT molecular complexity index is 560. The number of nitrogens with two attached hydrogens (primary N) is 1. The molecule has 0 unspecified atom stereocenters. The highest BCUT2D eigenvalue weighted by Gasteiger charge is 2.29. The Morgan fingerprint density at radius 2 is 1.95 bits per heavy atom. The molecular weight excluding hydrogens is 270 g/mol. The Balaban J connectivity index is 3.19. The van der Waals surface area contributed by atoms with Crippen molar-refractivity contribution in [1.82, 2.24) is 10.2 Å². The predicted molar refractivity (Wildman–Crippen MR) is 69.2 cm³/mol. The summed E-state index contributed by atoms with van der Waals surface area (Å²) >= 11 is 0. The van der Waals surface area contributed by atoms with Gasteiger partial charge in [0.2, 0.25) is 10.0 Å². The minimum atomic E-state index is -4.04. The number of rotatable bonds is 5. The summed E-state index contributed by atoms with van der Waals surface area (Å²) in [6.07, 6.45) is 0. The fourth-order valence-electron chi connectivity index (χ4n) is 1.47. The summed E-state index contributed by atoms with van der Waals surface area (Å²) in [4.78, 5) is 11.5. The molecule has 3 N–H and O–H groups in total. The minimum absolute atomic E-state index is 0.144. The number of carbonyl (C=O) groups excluding carboxylic acids is 1. The van der Waals surface area contributed by atoms with Gasteiger partial charge in [-0.2, -0.15) is 5.10 Å². The van der Waals surface area contributed by atoms with Crippen LogP contribution in [-0.2, 0) is 14.8 Å². The molecule has 1 aromatic rings. The highest BCUT2D eigenvalue weighted by molar-refractivity contribution is 7.89. The van der Waals surface area contributed by atoms with E-state index in [1.807, 2.05) is 13.8 Å². The van der Waals surface area contributed by atoms with E-state index < -0.39 is 16.0 Å². The Morgan fingerprint density at radius 1 is 1.37 bits per heavy atom. The van der Waals surface area contributed by atoms with Crippen LogP contribution in [0.3, 0.4) is 0 Å². The molecular formula is C11H19N3O4S. The Hall–Kier alpha value is -1.41. The van der Waals surface area contributed by atoms with Gasteiger partial charge < -0.3 is 4.74 Å². The third-order valence-electron chi connectivity index (χ3n) is 2.35. The van der Waals surface area contributed by atoms with E-state index in [4.69, 9.17) is 9.88 Å². The molecule has 0 aromatic carbocycles. The van der Waals surface area contributed by atoms with Crippen molar-refractivity contribution in [2.24, 2.45) is 11.1 Å². The van der Waals surface area contributed by atoms with Gasteiger partial charge in [-0.3, -0.25) is 5.10 Å². The first-order valence-electron chi connectivity index (χ1n) is 5.92. The molecule has 0 aliphatic rings. The maximum Gasteiger partial charge on any atom is 0.360 e. The first kappa shape index (κ1) is 15.6. The topological polar surface area (TPSA) is 115 Å². The lowest BCUT2D eigenvalue weighted by Gasteiger charge is -2.07. The summed E-state index contributed by atoms with van der Waals surface area (Å²) in [6, 6.07) is 0. The van der Waals surface area contributed by atoms with E-state index in [-0.39, 0.29) is 29.0 Å². The lowest BCUT2D eigenvalue weighted by Crippen LogP contribution is -2.19. The zero-order valence-corrected chi connectivity index (χ0v) is 12.2. The van der Waals surface area contributed by atoms with Gasteiger partial charge in [0.05, 0.1) is 12.3 Å². The third-order valence-corrected chi connectivity index (χ3v) is 3.33. The lowest BCUT2D eigenvalue weighted by molar-refractivity contribution is 0.0447. The van der Waals surface area contributed by atoms with Gasteiger partial charge in [0.1, 0.15) is 4.90 Å². The molecule has 0 atom stereocenters. The van der Waals surface area contributed by atoms with Gasteiger partial charge in [0, 0.05) is 0 Å². The number of aromatic nitrogens is 2. The fraction of sp³-hybridized carbons (Fsp3) is 0.636. The second-order valence-electron chi connectivity index (χ2n) is 5.01. The maximum atomic E-state index is 11.8. The van der Waals surface area contributed by atoms with Gasteiger partial charge in [-0.1, -0.05) is 27.7 Å². The van der Waals surface area contributed by atoms with Crippen LogP contribution >= 0.6 is 0 Å². The molecule has 1 heterocycles. The van der Waals surface area contributed by atoms with Gasteiger partial charge in [-0.15, -0.1) is 0 Å². The largest absolute Gasteiger partial charge is 0.461 e. The molecule has 0 aliphatic carbocycles. The van der Waals surface area contributed by atoms with E-state index in [1.165, 1.54) is 0 Å². The van der Waals surface area contributed by atoms with Gasteiger partial charge >= 0.3 is 5.97 Å². The quantitative estimate of drug-likeness (QED) is 0.784. The Labute approximate surface area is 112 Å². The molecule has 1 rings (SSSR count). The zero-order valence-electron chi connectivity index (χ0n) is 11.4. The highest BCUT2D eigenvalue weighted by atomic mass is 32.2. The van der Waals surface area contributed by atoms with Crippen molar-refractivity contribution >= 4 is 16.0 Å². The molecule has 108 valence electrons. The summed E-state index contributed by atoms with van der Waals surface area (Å²) in [5.41, 5.74) is 0.0193. The molecule has 8 heteroatoms. The number of primary sulfonamides is 1. The molecule has 1 aromatic heterocycles. The van der Waals surface area contributed by atoms with Crippen molar-refractivity contribution in [2.45, 2.75) is 38.5 Å². The number of esters is 1. The van der Waals surface area contributed by atoms with Crippen molar-refractivity contribution in [1.29, 1.82) is 0 Å². The number of H-pyrrole nitrogens is 1. The van der Waals surface area contributed by atoms with E-state index in [9.17, 15) is 13.2 Å². The standard InChI is InChI=1S/C11H19N3O4S/c1-6(2)5-18-11(15)9-10(19(12,16)17)8(7(3)4)13-14-9/h6-7H,5H2,1-4H3,(H,13,14)(H2,12,16,17). The molecule has 0 saturated carbocycles. The summed E-state index contributed by atoms with van der Waals surface area (Å²) in [5.74, 6) is -0.807. The van der Waals surface area contributed by atoms with E-state index >= 15 is 0 Å². The van der Waals surface area contributed by atoms with Crippen molar-refractivity contribution in [3.05, 3.63) is 11.4 Å². The van der Waals surface area contributed by atoms with Gasteiger partial charge in [-0.05, 0) is 11.8 Å². The molecule has 0 fully saturated rings. The number of ether oxygens (including phenoxy) is 1.